The topological polar surface area (TPSA) is 62.5 Å². The Kier molecular flexibility index (Phi) is 2.91. The van der Waals surface area contributed by atoms with E-state index in [1.165, 1.54) is 12.5 Å². The van der Waals surface area contributed by atoms with Crippen molar-refractivity contribution in [2.24, 2.45) is 0 Å². The van der Waals surface area contributed by atoms with E-state index in [4.69, 9.17) is 4.42 Å². The van der Waals surface area contributed by atoms with Gasteiger partial charge in [0.1, 0.15) is 12.0 Å². The molecule has 0 unspecified atom stereocenters. The Balaban J connectivity index is 1.95. The molecule has 0 bridgehead atoms. The Morgan fingerprint density at radius 3 is 2.94 bits per heavy atom. The number of nitrogens with one attached hydrogen (secondary N) is 1. The summed E-state index contributed by atoms with van der Waals surface area (Å²) in [7, 11) is 0. The van der Waals surface area contributed by atoms with E-state index in [0.29, 0.717) is 12.1 Å². The molecule has 0 radical (unpaired) electrons. The van der Waals surface area contributed by atoms with E-state index < -0.39 is 0 Å². The molecule has 1 amide bonds. The van der Waals surface area contributed by atoms with E-state index in [2.05, 4.69) is 5.32 Å². The van der Waals surface area contributed by atoms with Crippen LogP contribution in [0.4, 0.5) is 0 Å². The molecule has 2 aromatic rings. The van der Waals surface area contributed by atoms with E-state index in [-0.39, 0.29) is 11.7 Å². The highest BCUT2D eigenvalue weighted by Gasteiger charge is 2.05. The average molecular weight is 217 g/mol. The molecule has 0 atom stereocenters. The molecule has 0 aliphatic rings. The van der Waals surface area contributed by atoms with Gasteiger partial charge in [-0.05, 0) is 23.8 Å². The Labute approximate surface area is 92.5 Å². The lowest BCUT2D eigenvalue weighted by molar-refractivity contribution is 0.0950. The first-order chi connectivity index (χ1) is 7.75. The zero-order valence-electron chi connectivity index (χ0n) is 8.51. The Morgan fingerprint density at radius 2 is 2.25 bits per heavy atom. The number of carbonyl (C=O) groups excluding carboxylic acids is 1. The standard InChI is InChI=1S/C12H11NO3/c14-11-3-1-2-9(6-11)7-13-12(15)10-4-5-16-8-10/h1-6,8,14H,7H2,(H,13,15). The van der Waals surface area contributed by atoms with Gasteiger partial charge in [-0.3, -0.25) is 4.79 Å². The molecule has 0 saturated heterocycles. The zero-order chi connectivity index (χ0) is 11.4. The number of furan rings is 1. The predicted molar refractivity (Wildman–Crippen MR) is 58.0 cm³/mol. The van der Waals surface area contributed by atoms with E-state index >= 15 is 0 Å². The van der Waals surface area contributed by atoms with E-state index in [9.17, 15) is 9.90 Å². The van der Waals surface area contributed by atoms with E-state index in [0.717, 1.165) is 5.56 Å². The van der Waals surface area contributed by atoms with Gasteiger partial charge in [-0.2, -0.15) is 0 Å². The molecule has 16 heavy (non-hydrogen) atoms. The Bertz CT molecular complexity index is 477. The number of carbonyl (C=O) groups is 1. The summed E-state index contributed by atoms with van der Waals surface area (Å²) in [5.41, 5.74) is 1.33. The van der Waals surface area contributed by atoms with Crippen molar-refractivity contribution in [3.63, 3.8) is 0 Å². The second-order valence-corrected chi connectivity index (χ2v) is 3.36. The monoisotopic (exact) mass is 217 g/mol. The molecule has 2 rings (SSSR count). The van der Waals surface area contributed by atoms with Crippen molar-refractivity contribution in [2.45, 2.75) is 6.54 Å². The lowest BCUT2D eigenvalue weighted by Crippen LogP contribution is -2.22. The third kappa shape index (κ3) is 2.42. The van der Waals surface area contributed by atoms with Crippen molar-refractivity contribution in [1.82, 2.24) is 5.32 Å². The van der Waals surface area contributed by atoms with Crippen molar-refractivity contribution in [1.29, 1.82) is 0 Å². The Hall–Kier alpha value is -2.23. The van der Waals surface area contributed by atoms with E-state index in [1.807, 2.05) is 6.07 Å². The minimum absolute atomic E-state index is 0.190. The quantitative estimate of drug-likeness (QED) is 0.825. The van der Waals surface area contributed by atoms with Gasteiger partial charge >= 0.3 is 0 Å². The SMILES string of the molecule is O=C(NCc1cccc(O)c1)c1ccoc1. The maximum Gasteiger partial charge on any atom is 0.254 e. The molecule has 1 aromatic carbocycles. The van der Waals surface area contributed by atoms with Crippen LogP contribution in [0.3, 0.4) is 0 Å². The first kappa shape index (κ1) is 10.3. The molecule has 4 nitrogen and oxygen atoms in total. The molecule has 1 heterocycles. The number of hydrogen-bond donors (Lipinski definition) is 2. The van der Waals surface area contributed by atoms with Gasteiger partial charge in [-0.15, -0.1) is 0 Å². The van der Waals surface area contributed by atoms with Crippen LogP contribution in [0.25, 0.3) is 0 Å². The number of rotatable bonds is 3. The normalized spacial score (nSPS) is 10.0. The fourth-order valence-corrected chi connectivity index (χ4v) is 1.34. The number of benzene rings is 1. The Morgan fingerprint density at radius 1 is 1.38 bits per heavy atom. The largest absolute Gasteiger partial charge is 0.508 e. The van der Waals surface area contributed by atoms with Crippen LogP contribution in [0.2, 0.25) is 0 Å². The van der Waals surface area contributed by atoms with Crippen LogP contribution in [0.15, 0.2) is 47.3 Å². The number of amides is 1. The molecule has 0 saturated carbocycles. The lowest BCUT2D eigenvalue weighted by atomic mass is 10.2. The van der Waals surface area contributed by atoms with Crippen LogP contribution in [-0.4, -0.2) is 11.0 Å². The smallest absolute Gasteiger partial charge is 0.254 e. The fourth-order valence-electron chi connectivity index (χ4n) is 1.34. The van der Waals surface area contributed by atoms with Gasteiger partial charge < -0.3 is 14.8 Å². The van der Waals surface area contributed by atoms with Crippen LogP contribution in [0, 0.1) is 0 Å². The summed E-state index contributed by atoms with van der Waals surface area (Å²) in [6.45, 7) is 0.373. The second-order valence-electron chi connectivity index (χ2n) is 3.36. The van der Waals surface area contributed by atoms with Crippen LogP contribution in [0.5, 0.6) is 5.75 Å². The van der Waals surface area contributed by atoms with Gasteiger partial charge in [0.25, 0.3) is 5.91 Å². The van der Waals surface area contributed by atoms with Crippen molar-refractivity contribution in [3.05, 3.63) is 54.0 Å². The van der Waals surface area contributed by atoms with Crippen molar-refractivity contribution < 1.29 is 14.3 Å². The summed E-state index contributed by atoms with van der Waals surface area (Å²) >= 11 is 0. The summed E-state index contributed by atoms with van der Waals surface area (Å²) in [5.74, 6) is -0.00727. The number of aromatic hydroxyl groups is 1. The minimum Gasteiger partial charge on any atom is -0.508 e. The first-order valence-electron chi connectivity index (χ1n) is 4.84. The summed E-state index contributed by atoms with van der Waals surface area (Å²) in [4.78, 5) is 11.5. The number of phenolic OH excluding ortho intramolecular Hbond substituents is 1. The average Bonchev–Trinajstić information content (AvgIpc) is 2.79. The highest BCUT2D eigenvalue weighted by Crippen LogP contribution is 2.10. The van der Waals surface area contributed by atoms with Gasteiger partial charge in [0, 0.05) is 6.54 Å². The lowest BCUT2D eigenvalue weighted by Gasteiger charge is -2.03. The number of phenols is 1. The highest BCUT2D eigenvalue weighted by molar-refractivity contribution is 5.93. The first-order valence-corrected chi connectivity index (χ1v) is 4.84. The molecule has 1 aromatic heterocycles. The zero-order valence-corrected chi connectivity index (χ0v) is 8.51. The molecular weight excluding hydrogens is 206 g/mol. The van der Waals surface area contributed by atoms with E-state index in [1.54, 1.807) is 24.3 Å². The van der Waals surface area contributed by atoms with Gasteiger partial charge in [-0.25, -0.2) is 0 Å². The molecule has 0 aliphatic carbocycles. The molecule has 82 valence electrons. The fraction of sp³-hybridized carbons (Fsp3) is 0.0833. The molecule has 0 fully saturated rings. The second kappa shape index (κ2) is 4.53. The molecule has 4 heteroatoms. The number of hydrogen-bond acceptors (Lipinski definition) is 3. The van der Waals surface area contributed by atoms with Crippen LogP contribution < -0.4 is 5.32 Å². The van der Waals surface area contributed by atoms with Crippen molar-refractivity contribution in [3.8, 4) is 5.75 Å². The third-order valence-corrected chi connectivity index (χ3v) is 2.15. The summed E-state index contributed by atoms with van der Waals surface area (Å²) in [6, 6.07) is 8.35. The molecular formula is C12H11NO3. The van der Waals surface area contributed by atoms with Crippen molar-refractivity contribution in [2.75, 3.05) is 0 Å². The summed E-state index contributed by atoms with van der Waals surface area (Å²) in [5, 5.41) is 12.0. The minimum atomic E-state index is -0.197. The van der Waals surface area contributed by atoms with Gasteiger partial charge in [0.05, 0.1) is 11.8 Å². The van der Waals surface area contributed by atoms with Crippen LogP contribution in [0.1, 0.15) is 15.9 Å². The van der Waals surface area contributed by atoms with Gasteiger partial charge in [-0.1, -0.05) is 12.1 Å². The maximum absolute atomic E-state index is 11.5. The van der Waals surface area contributed by atoms with Crippen LogP contribution >= 0.6 is 0 Å². The third-order valence-electron chi connectivity index (χ3n) is 2.15. The molecule has 0 aliphatic heterocycles. The molecule has 0 spiro atoms. The highest BCUT2D eigenvalue weighted by atomic mass is 16.3. The van der Waals surface area contributed by atoms with Crippen LogP contribution in [-0.2, 0) is 6.54 Å². The predicted octanol–water partition coefficient (Wildman–Crippen LogP) is 1.92. The summed E-state index contributed by atoms with van der Waals surface area (Å²) < 4.78 is 4.81. The van der Waals surface area contributed by atoms with Gasteiger partial charge in [0.2, 0.25) is 0 Å². The van der Waals surface area contributed by atoms with Crippen molar-refractivity contribution >= 4 is 5.91 Å². The van der Waals surface area contributed by atoms with Gasteiger partial charge in [0.15, 0.2) is 0 Å². The maximum atomic E-state index is 11.5. The molecule has 2 N–H and O–H groups in total. The summed E-state index contributed by atoms with van der Waals surface area (Å²) in [6.07, 6.45) is 2.83.